The molecule has 1 amide bonds. The zero-order chi connectivity index (χ0) is 21.5. The number of carbonyl (C=O) groups is 2. The quantitative estimate of drug-likeness (QED) is 0.487. The van der Waals surface area contributed by atoms with Gasteiger partial charge in [-0.1, -0.05) is 26.0 Å². The van der Waals surface area contributed by atoms with Crippen LogP contribution < -0.4 is 0 Å². The Hall–Kier alpha value is -2.15. The third-order valence-electron chi connectivity index (χ3n) is 3.92. The fourth-order valence-corrected chi connectivity index (χ4v) is 2.52. The maximum absolute atomic E-state index is 13.3. The van der Waals surface area contributed by atoms with Crippen LogP contribution >= 0.6 is 0 Å². The number of carbonyl (C=O) groups excluding carboxylic acids is 2. The van der Waals surface area contributed by atoms with Gasteiger partial charge in [-0.3, -0.25) is 4.90 Å². The molecule has 158 valence electrons. The smallest absolute Gasteiger partial charge is 0.413 e. The molecule has 0 N–H and O–H groups in total. The van der Waals surface area contributed by atoms with E-state index < -0.39 is 23.2 Å². The molecule has 0 spiro atoms. The molecule has 1 atom stereocenters. The highest BCUT2D eigenvalue weighted by Gasteiger charge is 2.45. The van der Waals surface area contributed by atoms with Crippen LogP contribution in [0.2, 0.25) is 0 Å². The lowest BCUT2D eigenvalue weighted by atomic mass is 9.91. The summed E-state index contributed by atoms with van der Waals surface area (Å²) < 4.78 is 29.4. The zero-order valence-corrected chi connectivity index (χ0v) is 17.9. The lowest BCUT2D eigenvalue weighted by Crippen LogP contribution is -2.58. The molecule has 0 bridgehead atoms. The van der Waals surface area contributed by atoms with Crippen molar-refractivity contribution in [3.63, 3.8) is 0 Å². The lowest BCUT2D eigenvalue weighted by molar-refractivity contribution is -0.161. The summed E-state index contributed by atoms with van der Waals surface area (Å²) in [4.78, 5) is 27.1. The van der Waals surface area contributed by atoms with Gasteiger partial charge >= 0.3 is 12.1 Å². The molecular weight excluding hydrogens is 365 g/mol. The maximum Gasteiger partial charge on any atom is 0.413 e. The first-order valence-electron chi connectivity index (χ1n) is 9.30. The normalized spacial score (nSPS) is 13.8. The van der Waals surface area contributed by atoms with Gasteiger partial charge in [-0.2, -0.15) is 0 Å². The maximum atomic E-state index is 13.3. The molecule has 6 nitrogen and oxygen atoms in total. The minimum atomic E-state index is -1.40. The van der Waals surface area contributed by atoms with Crippen molar-refractivity contribution in [1.29, 1.82) is 0 Å². The predicted octanol–water partition coefficient (Wildman–Crippen LogP) is 4.17. The van der Waals surface area contributed by atoms with Crippen LogP contribution in [0.25, 0.3) is 0 Å². The zero-order valence-electron chi connectivity index (χ0n) is 17.9. The van der Waals surface area contributed by atoms with E-state index in [0.29, 0.717) is 5.56 Å². The van der Waals surface area contributed by atoms with E-state index in [1.165, 1.54) is 24.1 Å². The number of halogens is 1. The molecule has 0 aliphatic rings. The number of ether oxygens (including phenoxy) is 3. The van der Waals surface area contributed by atoms with E-state index >= 15 is 0 Å². The standard InChI is InChI=1S/C21H32FNO5/c1-15(2)13-27-18(24)21(6,12-16-8-10-17(22)11-9-16)23(14-26-7)19(25)28-20(3,4)5/h8-11,15H,12-14H2,1-7H3/t21-/m0/s1. The number of hydrogen-bond donors (Lipinski definition) is 0. The predicted molar refractivity (Wildman–Crippen MR) is 104 cm³/mol. The molecule has 0 saturated carbocycles. The SMILES string of the molecule is COCN(C(=O)OC(C)(C)C)[C@@](C)(Cc1ccc(F)cc1)C(=O)OCC(C)C. The van der Waals surface area contributed by atoms with Crippen molar-refractivity contribution in [1.82, 2.24) is 4.90 Å². The largest absolute Gasteiger partial charge is 0.464 e. The van der Waals surface area contributed by atoms with E-state index in [0.717, 1.165) is 0 Å². The number of esters is 1. The van der Waals surface area contributed by atoms with Gasteiger partial charge in [0.2, 0.25) is 0 Å². The molecule has 0 saturated heterocycles. The summed E-state index contributed by atoms with van der Waals surface area (Å²) >= 11 is 0. The van der Waals surface area contributed by atoms with Gasteiger partial charge in [-0.15, -0.1) is 0 Å². The van der Waals surface area contributed by atoms with Gasteiger partial charge in [0.1, 0.15) is 23.7 Å². The average Bonchev–Trinajstić information content (AvgIpc) is 2.57. The minimum Gasteiger partial charge on any atom is -0.464 e. The number of amides is 1. The lowest BCUT2D eigenvalue weighted by Gasteiger charge is -2.39. The Morgan fingerprint density at radius 2 is 1.68 bits per heavy atom. The Bertz CT molecular complexity index is 654. The Morgan fingerprint density at radius 3 is 2.14 bits per heavy atom. The Labute approximate surface area is 166 Å². The van der Waals surface area contributed by atoms with E-state index in [-0.39, 0.29) is 31.5 Å². The molecule has 1 rings (SSSR count). The number of nitrogens with zero attached hydrogens (tertiary/aromatic N) is 1. The summed E-state index contributed by atoms with van der Waals surface area (Å²) in [5, 5.41) is 0. The second kappa shape index (κ2) is 9.87. The summed E-state index contributed by atoms with van der Waals surface area (Å²) in [5.41, 5.74) is -1.47. The van der Waals surface area contributed by atoms with Gasteiger partial charge in [0.05, 0.1) is 6.61 Å². The van der Waals surface area contributed by atoms with Crippen molar-refractivity contribution >= 4 is 12.1 Å². The molecule has 0 aliphatic heterocycles. The number of methoxy groups -OCH3 is 1. The van der Waals surface area contributed by atoms with Gasteiger partial charge in [-0.05, 0) is 51.3 Å². The highest BCUT2D eigenvalue weighted by Crippen LogP contribution is 2.26. The average molecular weight is 397 g/mol. The summed E-state index contributed by atoms with van der Waals surface area (Å²) in [6.07, 6.45) is -0.576. The summed E-state index contributed by atoms with van der Waals surface area (Å²) in [6.45, 7) is 10.7. The van der Waals surface area contributed by atoms with Crippen molar-refractivity contribution < 1.29 is 28.2 Å². The van der Waals surface area contributed by atoms with Crippen LogP contribution in [-0.4, -0.2) is 48.5 Å². The van der Waals surface area contributed by atoms with Crippen LogP contribution in [0.4, 0.5) is 9.18 Å². The molecule has 0 heterocycles. The van der Waals surface area contributed by atoms with Crippen molar-refractivity contribution in [3.8, 4) is 0 Å². The first kappa shape index (κ1) is 23.9. The van der Waals surface area contributed by atoms with Crippen LogP contribution in [0.15, 0.2) is 24.3 Å². The van der Waals surface area contributed by atoms with Gasteiger partial charge < -0.3 is 14.2 Å². The Balaban J connectivity index is 3.28. The van der Waals surface area contributed by atoms with Crippen LogP contribution in [0, 0.1) is 11.7 Å². The molecular formula is C21H32FNO5. The van der Waals surface area contributed by atoms with Gasteiger partial charge in [0.15, 0.2) is 0 Å². The Kier molecular flexibility index (Phi) is 8.42. The van der Waals surface area contributed by atoms with Crippen LogP contribution in [0.5, 0.6) is 0 Å². The van der Waals surface area contributed by atoms with Crippen molar-refractivity contribution in [2.45, 2.75) is 59.1 Å². The van der Waals surface area contributed by atoms with Crippen molar-refractivity contribution in [2.24, 2.45) is 5.92 Å². The highest BCUT2D eigenvalue weighted by molar-refractivity contribution is 5.86. The molecule has 28 heavy (non-hydrogen) atoms. The number of benzene rings is 1. The number of rotatable bonds is 8. The van der Waals surface area contributed by atoms with Crippen LogP contribution in [0.1, 0.15) is 47.1 Å². The number of hydrogen-bond acceptors (Lipinski definition) is 5. The van der Waals surface area contributed by atoms with Gasteiger partial charge in [-0.25, -0.2) is 14.0 Å². The van der Waals surface area contributed by atoms with E-state index in [9.17, 15) is 14.0 Å². The molecule has 0 radical (unpaired) electrons. The summed E-state index contributed by atoms with van der Waals surface area (Å²) in [7, 11) is 1.43. The summed E-state index contributed by atoms with van der Waals surface area (Å²) in [5.74, 6) is -0.821. The molecule has 0 unspecified atom stereocenters. The topological polar surface area (TPSA) is 65.1 Å². The first-order valence-corrected chi connectivity index (χ1v) is 9.30. The molecule has 7 heteroatoms. The van der Waals surface area contributed by atoms with E-state index in [1.807, 2.05) is 13.8 Å². The van der Waals surface area contributed by atoms with Crippen LogP contribution in [-0.2, 0) is 25.4 Å². The molecule has 1 aromatic carbocycles. The molecule has 0 aliphatic carbocycles. The summed E-state index contributed by atoms with van der Waals surface area (Å²) in [6, 6.07) is 5.76. The molecule has 1 aromatic rings. The van der Waals surface area contributed by atoms with E-state index in [1.54, 1.807) is 39.8 Å². The highest BCUT2D eigenvalue weighted by atomic mass is 19.1. The van der Waals surface area contributed by atoms with Gasteiger partial charge in [0.25, 0.3) is 0 Å². The third kappa shape index (κ3) is 7.11. The third-order valence-corrected chi connectivity index (χ3v) is 3.92. The molecule has 0 fully saturated rings. The van der Waals surface area contributed by atoms with E-state index in [2.05, 4.69) is 0 Å². The second-order valence-electron chi connectivity index (χ2n) is 8.40. The van der Waals surface area contributed by atoms with Gasteiger partial charge in [0, 0.05) is 13.5 Å². The Morgan fingerprint density at radius 1 is 1.11 bits per heavy atom. The second-order valence-corrected chi connectivity index (χ2v) is 8.40. The van der Waals surface area contributed by atoms with E-state index in [4.69, 9.17) is 14.2 Å². The fraction of sp³-hybridized carbons (Fsp3) is 0.619. The van der Waals surface area contributed by atoms with Crippen LogP contribution in [0.3, 0.4) is 0 Å². The first-order chi connectivity index (χ1) is 12.9. The minimum absolute atomic E-state index is 0.118. The van der Waals surface area contributed by atoms with Crippen molar-refractivity contribution in [2.75, 3.05) is 20.4 Å². The monoisotopic (exact) mass is 397 g/mol. The molecule has 0 aromatic heterocycles. The van der Waals surface area contributed by atoms with Crippen molar-refractivity contribution in [3.05, 3.63) is 35.6 Å². The fourth-order valence-electron chi connectivity index (χ4n) is 2.52.